The molecule has 0 aromatic carbocycles. The summed E-state index contributed by atoms with van der Waals surface area (Å²) in [5, 5.41) is 21.0. The van der Waals surface area contributed by atoms with Gasteiger partial charge >= 0.3 is 5.97 Å². The number of carboxylic acid groups (broad SMARTS) is 1. The Bertz CT molecular complexity index is 531. The van der Waals surface area contributed by atoms with Gasteiger partial charge in [-0.2, -0.15) is 0 Å². The first-order chi connectivity index (χ1) is 10.1. The van der Waals surface area contributed by atoms with E-state index < -0.39 is 22.7 Å². The van der Waals surface area contributed by atoms with E-state index in [1.54, 1.807) is 0 Å². The van der Waals surface area contributed by atoms with Gasteiger partial charge < -0.3 is 5.11 Å². The third-order valence-electron chi connectivity index (χ3n) is 5.27. The molecule has 2 aliphatic rings. The molecule has 5 heteroatoms. The van der Waals surface area contributed by atoms with Crippen LogP contribution in [0.2, 0.25) is 0 Å². The van der Waals surface area contributed by atoms with Gasteiger partial charge in [0.1, 0.15) is 0 Å². The normalized spacial score (nSPS) is 31.7. The van der Waals surface area contributed by atoms with Crippen molar-refractivity contribution in [2.45, 2.75) is 40.0 Å². The second-order valence-corrected chi connectivity index (χ2v) is 7.87. The predicted molar refractivity (Wildman–Crippen MR) is 84.0 cm³/mol. The van der Waals surface area contributed by atoms with E-state index >= 15 is 0 Å². The first-order valence-corrected chi connectivity index (χ1v) is 7.77. The summed E-state index contributed by atoms with van der Waals surface area (Å²) in [6.07, 6.45) is 6.27. The summed E-state index contributed by atoms with van der Waals surface area (Å²) >= 11 is 0. The molecule has 1 unspecified atom stereocenters. The third kappa shape index (κ3) is 2.69. The summed E-state index contributed by atoms with van der Waals surface area (Å²) in [6.45, 7) is 9.07. The Labute approximate surface area is 131 Å². The maximum absolute atomic E-state index is 11.9. The monoisotopic (exact) mass is 307 g/mol. The van der Waals surface area contributed by atoms with Crippen molar-refractivity contribution in [3.63, 3.8) is 0 Å². The van der Waals surface area contributed by atoms with Crippen molar-refractivity contribution < 1.29 is 14.8 Å². The lowest BCUT2D eigenvalue weighted by Crippen LogP contribution is -2.59. The standard InChI is InChI=1S/C17H25NO4/c1-5-6-11-7-12-9-17(10-18(21)22,13(12)8-11)14(15(19)20)16(2,3)4/h5,8,12-14H,1,6-7,9-10H2,2-4H3,(H,19,20)/t12-,13-,14?,17+/m0/s1. The van der Waals surface area contributed by atoms with Crippen molar-refractivity contribution in [2.75, 3.05) is 6.54 Å². The summed E-state index contributed by atoms with van der Waals surface area (Å²) < 4.78 is 0. The molecule has 0 radical (unpaired) electrons. The molecule has 1 fully saturated rings. The van der Waals surface area contributed by atoms with Crippen molar-refractivity contribution in [1.82, 2.24) is 0 Å². The highest BCUT2D eigenvalue weighted by molar-refractivity contribution is 5.72. The van der Waals surface area contributed by atoms with Crippen LogP contribution in [-0.2, 0) is 4.79 Å². The van der Waals surface area contributed by atoms with Gasteiger partial charge in [-0.1, -0.05) is 38.5 Å². The van der Waals surface area contributed by atoms with E-state index in [0.29, 0.717) is 12.3 Å². The zero-order chi connectivity index (χ0) is 16.7. The summed E-state index contributed by atoms with van der Waals surface area (Å²) in [5.41, 5.74) is -0.0310. The molecule has 0 aromatic rings. The number of carboxylic acids is 1. The van der Waals surface area contributed by atoms with Crippen molar-refractivity contribution in [3.8, 4) is 0 Å². The Balaban J connectivity index is 2.41. The molecule has 0 aromatic heterocycles. The van der Waals surface area contributed by atoms with Gasteiger partial charge in [-0.3, -0.25) is 14.9 Å². The molecule has 1 N–H and O–H groups in total. The second kappa shape index (κ2) is 5.52. The van der Waals surface area contributed by atoms with Crippen molar-refractivity contribution in [2.24, 2.45) is 28.6 Å². The zero-order valence-electron chi connectivity index (χ0n) is 13.5. The van der Waals surface area contributed by atoms with Crippen molar-refractivity contribution >= 4 is 5.97 Å². The maximum atomic E-state index is 11.9. The lowest BCUT2D eigenvalue weighted by molar-refractivity contribution is -0.510. The predicted octanol–water partition coefficient (Wildman–Crippen LogP) is 3.54. The Hall–Kier alpha value is -1.65. The van der Waals surface area contributed by atoms with Gasteiger partial charge in [-0.05, 0) is 36.5 Å². The number of carbonyl (C=O) groups is 1. The van der Waals surface area contributed by atoms with Gasteiger partial charge in [0.25, 0.3) is 0 Å². The number of hydrogen-bond donors (Lipinski definition) is 1. The van der Waals surface area contributed by atoms with Crippen molar-refractivity contribution in [1.29, 1.82) is 0 Å². The fourth-order valence-corrected chi connectivity index (χ4v) is 4.85. The van der Waals surface area contributed by atoms with Crippen LogP contribution in [0, 0.1) is 38.7 Å². The average molecular weight is 307 g/mol. The number of nitrogens with zero attached hydrogens (tertiary/aromatic N) is 1. The molecule has 2 rings (SSSR count). The Kier molecular flexibility index (Phi) is 4.20. The van der Waals surface area contributed by atoms with Crippen LogP contribution < -0.4 is 0 Å². The van der Waals surface area contributed by atoms with Crippen LogP contribution >= 0.6 is 0 Å². The molecule has 4 atom stereocenters. The molecular formula is C17H25NO4. The molecule has 0 bridgehead atoms. The van der Waals surface area contributed by atoms with E-state index in [4.69, 9.17) is 0 Å². The van der Waals surface area contributed by atoms with E-state index in [1.807, 2.05) is 26.8 Å². The molecule has 0 heterocycles. The first-order valence-electron chi connectivity index (χ1n) is 7.77. The molecule has 0 spiro atoms. The average Bonchev–Trinajstić information content (AvgIpc) is 2.64. The van der Waals surface area contributed by atoms with Gasteiger partial charge in [0, 0.05) is 4.92 Å². The SMILES string of the molecule is C=CCC1=C[C@H]2[C@@H](C1)C[C@]2(C[N+](=O)[O-])C(C(=O)O)C(C)(C)C. The van der Waals surface area contributed by atoms with E-state index in [-0.39, 0.29) is 17.4 Å². The molecule has 5 nitrogen and oxygen atoms in total. The minimum absolute atomic E-state index is 0.00757. The lowest BCUT2D eigenvalue weighted by atomic mass is 9.46. The van der Waals surface area contributed by atoms with E-state index in [2.05, 4.69) is 12.7 Å². The van der Waals surface area contributed by atoms with E-state index in [1.165, 1.54) is 5.57 Å². The molecular weight excluding hydrogens is 282 g/mol. The Morgan fingerprint density at radius 1 is 1.64 bits per heavy atom. The van der Waals surface area contributed by atoms with Crippen LogP contribution in [-0.4, -0.2) is 22.5 Å². The molecule has 1 saturated carbocycles. The van der Waals surface area contributed by atoms with E-state index in [9.17, 15) is 20.0 Å². The highest BCUT2D eigenvalue weighted by Gasteiger charge is 2.65. The van der Waals surface area contributed by atoms with Gasteiger partial charge in [-0.25, -0.2) is 0 Å². The van der Waals surface area contributed by atoms with Crippen molar-refractivity contribution in [3.05, 3.63) is 34.4 Å². The summed E-state index contributed by atoms with van der Waals surface area (Å²) in [5.74, 6) is -1.27. The maximum Gasteiger partial charge on any atom is 0.307 e. The van der Waals surface area contributed by atoms with E-state index in [0.717, 1.165) is 12.8 Å². The number of aliphatic carboxylic acids is 1. The van der Waals surface area contributed by atoms with Gasteiger partial charge in [0.2, 0.25) is 6.54 Å². The number of nitro groups is 1. The molecule has 22 heavy (non-hydrogen) atoms. The summed E-state index contributed by atoms with van der Waals surface area (Å²) in [4.78, 5) is 22.8. The Morgan fingerprint density at radius 2 is 2.27 bits per heavy atom. The summed E-state index contributed by atoms with van der Waals surface area (Å²) in [6, 6.07) is 0. The van der Waals surface area contributed by atoms with Gasteiger partial charge in [0.05, 0.1) is 11.3 Å². The quantitative estimate of drug-likeness (QED) is 0.462. The lowest BCUT2D eigenvalue weighted by Gasteiger charge is -2.55. The van der Waals surface area contributed by atoms with Crippen LogP contribution in [0.15, 0.2) is 24.3 Å². The molecule has 0 amide bonds. The number of hydrogen-bond acceptors (Lipinski definition) is 3. The third-order valence-corrected chi connectivity index (χ3v) is 5.27. The first kappa shape index (κ1) is 16.7. The smallest absolute Gasteiger partial charge is 0.307 e. The van der Waals surface area contributed by atoms with Gasteiger partial charge in [0.15, 0.2) is 0 Å². The molecule has 0 aliphatic heterocycles. The topological polar surface area (TPSA) is 80.4 Å². The van der Waals surface area contributed by atoms with Gasteiger partial charge in [-0.15, -0.1) is 6.58 Å². The highest BCUT2D eigenvalue weighted by Crippen LogP contribution is 2.64. The Morgan fingerprint density at radius 3 is 2.73 bits per heavy atom. The molecule has 0 saturated heterocycles. The number of allylic oxidation sites excluding steroid dienone is 3. The van der Waals surface area contributed by atoms with Crippen LogP contribution in [0.5, 0.6) is 0 Å². The largest absolute Gasteiger partial charge is 0.481 e. The fraction of sp³-hybridized carbons (Fsp3) is 0.706. The number of rotatable bonds is 6. The molecule has 2 aliphatic carbocycles. The van der Waals surface area contributed by atoms with Crippen LogP contribution in [0.25, 0.3) is 0 Å². The second-order valence-electron chi connectivity index (χ2n) is 7.87. The van der Waals surface area contributed by atoms with Crippen LogP contribution in [0.1, 0.15) is 40.0 Å². The highest BCUT2D eigenvalue weighted by atomic mass is 16.6. The van der Waals surface area contributed by atoms with Crippen LogP contribution in [0.4, 0.5) is 0 Å². The zero-order valence-corrected chi connectivity index (χ0v) is 13.5. The minimum atomic E-state index is -0.918. The summed E-state index contributed by atoms with van der Waals surface area (Å²) in [7, 11) is 0. The molecule has 122 valence electrons. The minimum Gasteiger partial charge on any atom is -0.481 e. The van der Waals surface area contributed by atoms with Crippen LogP contribution in [0.3, 0.4) is 0 Å². The number of fused-ring (bicyclic) bond motifs is 1. The fourth-order valence-electron chi connectivity index (χ4n) is 4.85.